The standard InChI is InChI=1S/C17H21N3O3S/c1-11(22)18-16-8-20(17-19-13(9-21)10-24-17)7-15(16)12-3-5-14(23-2)6-4-12/h3-6,10,15-16,21H,7-9H2,1-2H3,(H,18,22)/t15-,16+/m0/s1. The molecule has 24 heavy (non-hydrogen) atoms. The molecule has 2 heterocycles. The van der Waals surface area contributed by atoms with Gasteiger partial charge in [0.2, 0.25) is 5.91 Å². The summed E-state index contributed by atoms with van der Waals surface area (Å²) in [6.07, 6.45) is 0. The number of anilines is 1. The van der Waals surface area contributed by atoms with Crippen LogP contribution in [0.1, 0.15) is 24.1 Å². The Morgan fingerprint density at radius 2 is 2.17 bits per heavy atom. The van der Waals surface area contributed by atoms with Gasteiger partial charge in [0, 0.05) is 31.3 Å². The zero-order valence-electron chi connectivity index (χ0n) is 13.7. The number of aliphatic hydroxyl groups is 1. The molecule has 0 radical (unpaired) electrons. The van der Waals surface area contributed by atoms with Gasteiger partial charge in [-0.3, -0.25) is 4.79 Å². The summed E-state index contributed by atoms with van der Waals surface area (Å²) in [4.78, 5) is 18.2. The predicted octanol–water partition coefficient (Wildman–Crippen LogP) is 1.75. The van der Waals surface area contributed by atoms with E-state index in [9.17, 15) is 9.90 Å². The number of carbonyl (C=O) groups excluding carboxylic acids is 1. The van der Waals surface area contributed by atoms with E-state index >= 15 is 0 Å². The molecule has 1 aromatic carbocycles. The van der Waals surface area contributed by atoms with Gasteiger partial charge in [0.1, 0.15) is 5.75 Å². The molecule has 0 bridgehead atoms. The summed E-state index contributed by atoms with van der Waals surface area (Å²) in [5, 5.41) is 15.0. The van der Waals surface area contributed by atoms with E-state index < -0.39 is 0 Å². The van der Waals surface area contributed by atoms with Crippen LogP contribution in [0.25, 0.3) is 0 Å². The summed E-state index contributed by atoms with van der Waals surface area (Å²) in [5.41, 5.74) is 1.84. The number of benzene rings is 1. The van der Waals surface area contributed by atoms with Crippen LogP contribution in [0.3, 0.4) is 0 Å². The minimum atomic E-state index is -0.0542. The van der Waals surface area contributed by atoms with E-state index in [-0.39, 0.29) is 24.5 Å². The third kappa shape index (κ3) is 3.52. The van der Waals surface area contributed by atoms with E-state index in [1.54, 1.807) is 14.0 Å². The Balaban J connectivity index is 1.82. The lowest BCUT2D eigenvalue weighted by molar-refractivity contribution is -0.119. The van der Waals surface area contributed by atoms with E-state index in [1.807, 2.05) is 29.6 Å². The minimum Gasteiger partial charge on any atom is -0.497 e. The number of aliphatic hydroxyl groups excluding tert-OH is 1. The highest BCUT2D eigenvalue weighted by atomic mass is 32.1. The molecule has 128 valence electrons. The van der Waals surface area contributed by atoms with Crippen molar-refractivity contribution in [1.82, 2.24) is 10.3 Å². The molecule has 7 heteroatoms. The second-order valence-electron chi connectivity index (χ2n) is 5.87. The van der Waals surface area contributed by atoms with Crippen molar-refractivity contribution in [2.75, 3.05) is 25.1 Å². The maximum atomic E-state index is 11.6. The highest BCUT2D eigenvalue weighted by Crippen LogP contribution is 2.33. The van der Waals surface area contributed by atoms with Gasteiger partial charge in [-0.2, -0.15) is 0 Å². The van der Waals surface area contributed by atoms with Crippen molar-refractivity contribution in [2.24, 2.45) is 0 Å². The van der Waals surface area contributed by atoms with E-state index in [0.29, 0.717) is 12.2 Å². The van der Waals surface area contributed by atoms with Crippen molar-refractivity contribution in [3.8, 4) is 5.75 Å². The zero-order chi connectivity index (χ0) is 17.1. The number of nitrogens with zero attached hydrogens (tertiary/aromatic N) is 2. The first-order chi connectivity index (χ1) is 11.6. The lowest BCUT2D eigenvalue weighted by atomic mass is 9.94. The van der Waals surface area contributed by atoms with Crippen LogP contribution in [-0.4, -0.2) is 42.2 Å². The molecule has 1 aromatic heterocycles. The van der Waals surface area contributed by atoms with E-state index in [0.717, 1.165) is 23.0 Å². The van der Waals surface area contributed by atoms with E-state index in [2.05, 4.69) is 15.2 Å². The van der Waals surface area contributed by atoms with Crippen LogP contribution in [0.15, 0.2) is 29.6 Å². The maximum Gasteiger partial charge on any atom is 0.217 e. The largest absolute Gasteiger partial charge is 0.497 e. The van der Waals surface area contributed by atoms with Crippen molar-refractivity contribution in [3.05, 3.63) is 40.9 Å². The first kappa shape index (κ1) is 16.7. The van der Waals surface area contributed by atoms with Gasteiger partial charge >= 0.3 is 0 Å². The number of carbonyl (C=O) groups is 1. The summed E-state index contributed by atoms with van der Waals surface area (Å²) in [7, 11) is 1.65. The van der Waals surface area contributed by atoms with Crippen LogP contribution in [0, 0.1) is 0 Å². The first-order valence-corrected chi connectivity index (χ1v) is 8.70. The molecule has 0 aliphatic carbocycles. The number of rotatable bonds is 5. The molecule has 6 nitrogen and oxygen atoms in total. The molecular formula is C17H21N3O3S. The third-order valence-electron chi connectivity index (χ3n) is 4.22. The number of thiazole rings is 1. The van der Waals surface area contributed by atoms with Gasteiger partial charge < -0.3 is 20.1 Å². The number of methoxy groups -OCH3 is 1. The summed E-state index contributed by atoms with van der Waals surface area (Å²) in [6, 6.07) is 8.00. The van der Waals surface area contributed by atoms with Crippen LogP contribution in [0.5, 0.6) is 5.75 Å². The fourth-order valence-electron chi connectivity index (χ4n) is 3.07. The molecule has 1 aliphatic heterocycles. The van der Waals surface area contributed by atoms with Crippen LogP contribution in [-0.2, 0) is 11.4 Å². The average molecular weight is 347 g/mol. The molecule has 0 unspecified atom stereocenters. The molecule has 0 spiro atoms. The van der Waals surface area contributed by atoms with Crippen LogP contribution in [0.2, 0.25) is 0 Å². The number of hydrogen-bond acceptors (Lipinski definition) is 6. The van der Waals surface area contributed by atoms with E-state index in [1.165, 1.54) is 11.3 Å². The molecule has 1 saturated heterocycles. The van der Waals surface area contributed by atoms with Gasteiger partial charge in [-0.25, -0.2) is 4.98 Å². The Morgan fingerprint density at radius 3 is 2.75 bits per heavy atom. The molecule has 1 aliphatic rings. The summed E-state index contributed by atoms with van der Waals surface area (Å²) < 4.78 is 5.22. The first-order valence-electron chi connectivity index (χ1n) is 7.82. The Bertz CT molecular complexity index is 701. The lowest BCUT2D eigenvalue weighted by Gasteiger charge is -2.19. The molecule has 2 aromatic rings. The van der Waals surface area contributed by atoms with Gasteiger partial charge in [0.15, 0.2) is 5.13 Å². The van der Waals surface area contributed by atoms with Gasteiger partial charge in [-0.05, 0) is 17.7 Å². The van der Waals surface area contributed by atoms with Crippen molar-refractivity contribution in [3.63, 3.8) is 0 Å². The zero-order valence-corrected chi connectivity index (χ0v) is 14.5. The summed E-state index contributed by atoms with van der Waals surface area (Å²) in [5.74, 6) is 0.967. The van der Waals surface area contributed by atoms with Crippen molar-refractivity contribution in [1.29, 1.82) is 0 Å². The molecular weight excluding hydrogens is 326 g/mol. The van der Waals surface area contributed by atoms with Gasteiger partial charge in [-0.1, -0.05) is 12.1 Å². The molecule has 0 saturated carbocycles. The van der Waals surface area contributed by atoms with Gasteiger partial charge in [0.25, 0.3) is 0 Å². The Hall–Kier alpha value is -2.12. The average Bonchev–Trinajstić information content (AvgIpc) is 3.21. The highest BCUT2D eigenvalue weighted by Gasteiger charge is 2.35. The summed E-state index contributed by atoms with van der Waals surface area (Å²) in [6.45, 7) is 2.96. The number of hydrogen-bond donors (Lipinski definition) is 2. The van der Waals surface area contributed by atoms with Crippen LogP contribution >= 0.6 is 11.3 Å². The molecule has 1 amide bonds. The van der Waals surface area contributed by atoms with Gasteiger partial charge in [-0.15, -0.1) is 11.3 Å². The Morgan fingerprint density at radius 1 is 1.42 bits per heavy atom. The number of aromatic nitrogens is 1. The quantitative estimate of drug-likeness (QED) is 0.862. The maximum absolute atomic E-state index is 11.6. The van der Waals surface area contributed by atoms with Crippen LogP contribution in [0.4, 0.5) is 5.13 Å². The molecule has 3 rings (SSSR count). The fraction of sp³-hybridized carbons (Fsp3) is 0.412. The second kappa shape index (κ2) is 7.19. The fourth-order valence-corrected chi connectivity index (χ4v) is 3.91. The second-order valence-corrected chi connectivity index (χ2v) is 6.71. The SMILES string of the molecule is COc1ccc([C@@H]2CN(c3nc(CO)cs3)C[C@H]2NC(C)=O)cc1. The minimum absolute atomic E-state index is 0.0253. The number of ether oxygens (including phenoxy) is 1. The third-order valence-corrected chi connectivity index (χ3v) is 5.17. The Labute approximate surface area is 145 Å². The predicted molar refractivity (Wildman–Crippen MR) is 93.6 cm³/mol. The highest BCUT2D eigenvalue weighted by molar-refractivity contribution is 7.13. The van der Waals surface area contributed by atoms with E-state index in [4.69, 9.17) is 4.74 Å². The summed E-state index contributed by atoms with van der Waals surface area (Å²) >= 11 is 1.52. The number of nitrogens with one attached hydrogen (secondary N) is 1. The molecule has 1 fully saturated rings. The lowest BCUT2D eigenvalue weighted by Crippen LogP contribution is -2.38. The van der Waals surface area contributed by atoms with Crippen molar-refractivity contribution >= 4 is 22.4 Å². The Kier molecular flexibility index (Phi) is 5.01. The topological polar surface area (TPSA) is 74.7 Å². The van der Waals surface area contributed by atoms with Crippen LogP contribution < -0.4 is 15.0 Å². The van der Waals surface area contributed by atoms with Gasteiger partial charge in [0.05, 0.1) is 25.5 Å². The smallest absolute Gasteiger partial charge is 0.217 e. The van der Waals surface area contributed by atoms with Crippen molar-refractivity contribution in [2.45, 2.75) is 25.5 Å². The monoisotopic (exact) mass is 347 g/mol. The normalized spacial score (nSPS) is 20.2. The van der Waals surface area contributed by atoms with Crippen molar-refractivity contribution < 1.29 is 14.6 Å². The molecule has 2 atom stereocenters. The molecule has 2 N–H and O–H groups in total. The number of amides is 1.